The lowest BCUT2D eigenvalue weighted by atomic mass is 10.0. The van der Waals surface area contributed by atoms with E-state index in [-0.39, 0.29) is 16.8 Å². The second kappa shape index (κ2) is 7.84. The number of rotatable bonds is 5. The van der Waals surface area contributed by atoms with Crippen molar-refractivity contribution in [1.29, 1.82) is 0 Å². The van der Waals surface area contributed by atoms with Gasteiger partial charge in [-0.05, 0) is 13.0 Å². The fourth-order valence-corrected chi connectivity index (χ4v) is 4.01. The predicted octanol–water partition coefficient (Wildman–Crippen LogP) is 1.79. The Morgan fingerprint density at radius 2 is 2.20 bits per heavy atom. The monoisotopic (exact) mass is 361 g/mol. The zero-order chi connectivity index (χ0) is 17.8. The first kappa shape index (κ1) is 17.7. The number of carbonyl (C=O) groups excluding carboxylic acids is 1. The first-order valence-corrected chi connectivity index (χ1v) is 9.28. The number of piperazine rings is 1. The third-order valence-corrected chi connectivity index (χ3v) is 5.47. The number of carbonyl (C=O) groups is 1. The number of ether oxygens (including phenoxy) is 1. The largest absolute Gasteiger partial charge is 0.496 e. The van der Waals surface area contributed by atoms with Gasteiger partial charge in [-0.1, -0.05) is 29.5 Å². The number of hydrogen-bond donors (Lipinski definition) is 1. The van der Waals surface area contributed by atoms with Crippen LogP contribution in [0.15, 0.2) is 34.4 Å². The first-order valence-electron chi connectivity index (χ1n) is 8.40. The summed E-state index contributed by atoms with van der Waals surface area (Å²) in [4.78, 5) is 26.6. The van der Waals surface area contributed by atoms with Crippen molar-refractivity contribution in [2.75, 3.05) is 26.7 Å². The predicted molar refractivity (Wildman–Crippen MR) is 98.3 cm³/mol. The molecule has 1 aliphatic rings. The number of methoxy groups -OCH3 is 1. The molecule has 1 N–H and O–H groups in total. The van der Waals surface area contributed by atoms with Gasteiger partial charge in [-0.25, -0.2) is 0 Å². The smallest absolute Gasteiger partial charge is 0.307 e. The van der Waals surface area contributed by atoms with Crippen LogP contribution in [-0.2, 0) is 11.3 Å². The van der Waals surface area contributed by atoms with Crippen LogP contribution >= 0.6 is 11.3 Å². The normalized spacial score (nSPS) is 17.5. The number of hydrogen-bond acceptors (Lipinski definition) is 5. The van der Waals surface area contributed by atoms with E-state index >= 15 is 0 Å². The Morgan fingerprint density at radius 1 is 1.40 bits per heavy atom. The van der Waals surface area contributed by atoms with Crippen molar-refractivity contribution in [3.8, 4) is 5.75 Å². The van der Waals surface area contributed by atoms with Gasteiger partial charge in [-0.3, -0.25) is 9.59 Å². The quantitative estimate of drug-likeness (QED) is 0.882. The zero-order valence-corrected chi connectivity index (χ0v) is 15.3. The van der Waals surface area contributed by atoms with Gasteiger partial charge in [0.05, 0.1) is 13.2 Å². The molecular formula is C18H23N3O3S. The molecule has 1 unspecified atom stereocenters. The second-order valence-corrected chi connectivity index (χ2v) is 6.91. The minimum absolute atomic E-state index is 0.00751. The zero-order valence-electron chi connectivity index (χ0n) is 14.5. The summed E-state index contributed by atoms with van der Waals surface area (Å²) < 4.78 is 7.14. The van der Waals surface area contributed by atoms with Crippen molar-refractivity contribution < 1.29 is 9.53 Å². The minimum Gasteiger partial charge on any atom is -0.496 e. The molecule has 0 bridgehead atoms. The molecular weight excluding hydrogens is 338 g/mol. The molecule has 6 nitrogen and oxygen atoms in total. The highest BCUT2D eigenvalue weighted by atomic mass is 32.1. The van der Waals surface area contributed by atoms with E-state index in [1.54, 1.807) is 11.7 Å². The Kier molecular flexibility index (Phi) is 5.55. The highest BCUT2D eigenvalue weighted by Gasteiger charge is 2.29. The molecule has 1 aromatic carbocycles. The minimum atomic E-state index is -0.0577. The van der Waals surface area contributed by atoms with Crippen LogP contribution in [0.5, 0.6) is 5.75 Å². The van der Waals surface area contributed by atoms with Crippen molar-refractivity contribution in [2.24, 2.45) is 0 Å². The van der Waals surface area contributed by atoms with Crippen LogP contribution < -0.4 is 14.9 Å². The van der Waals surface area contributed by atoms with Gasteiger partial charge in [-0.2, -0.15) is 0 Å². The molecule has 1 aliphatic heterocycles. The van der Waals surface area contributed by atoms with Gasteiger partial charge in [-0.15, -0.1) is 0 Å². The number of nitrogens with one attached hydrogen (secondary N) is 1. The molecule has 0 aliphatic carbocycles. The van der Waals surface area contributed by atoms with Gasteiger partial charge < -0.3 is 19.5 Å². The topological polar surface area (TPSA) is 63.6 Å². The van der Waals surface area contributed by atoms with Crippen LogP contribution in [-0.4, -0.2) is 42.1 Å². The molecule has 3 rings (SSSR count). The standard InChI is InChI=1S/C18H23N3O3S/c1-13-12-25-18(23)20(13)9-7-17(22)21-10-8-19-11-15(21)14-5-3-4-6-16(14)24-2/h3-6,12,15,19H,7-11H2,1-2H3. The van der Waals surface area contributed by atoms with Crippen molar-refractivity contribution in [1.82, 2.24) is 14.8 Å². The van der Waals surface area contributed by atoms with Crippen LogP contribution in [0.2, 0.25) is 0 Å². The van der Waals surface area contributed by atoms with Gasteiger partial charge in [0.15, 0.2) is 0 Å². The molecule has 0 spiro atoms. The highest BCUT2D eigenvalue weighted by molar-refractivity contribution is 7.07. The lowest BCUT2D eigenvalue weighted by molar-refractivity contribution is -0.134. The van der Waals surface area contributed by atoms with E-state index in [1.165, 1.54) is 11.3 Å². The average molecular weight is 361 g/mol. The van der Waals surface area contributed by atoms with E-state index in [2.05, 4.69) is 5.32 Å². The third-order valence-electron chi connectivity index (χ3n) is 4.59. The summed E-state index contributed by atoms with van der Waals surface area (Å²) in [6.07, 6.45) is 0.323. The van der Waals surface area contributed by atoms with Crippen LogP contribution in [0.25, 0.3) is 0 Å². The van der Waals surface area contributed by atoms with Crippen LogP contribution in [0.1, 0.15) is 23.7 Å². The molecule has 1 aromatic heterocycles. The molecule has 0 radical (unpaired) electrons. The fourth-order valence-electron chi connectivity index (χ4n) is 3.25. The molecule has 2 aromatic rings. The third kappa shape index (κ3) is 3.77. The summed E-state index contributed by atoms with van der Waals surface area (Å²) in [6, 6.07) is 7.75. The SMILES string of the molecule is COc1ccccc1C1CNCCN1C(=O)CCn1c(C)csc1=O. The summed E-state index contributed by atoms with van der Waals surface area (Å²) in [5.41, 5.74) is 1.92. The van der Waals surface area contributed by atoms with Gasteiger partial charge >= 0.3 is 4.87 Å². The lowest BCUT2D eigenvalue weighted by Gasteiger charge is -2.37. The lowest BCUT2D eigenvalue weighted by Crippen LogP contribution is -2.49. The maximum Gasteiger partial charge on any atom is 0.307 e. The summed E-state index contributed by atoms with van der Waals surface area (Å²) in [5.74, 6) is 0.855. The van der Waals surface area contributed by atoms with Crippen LogP contribution in [0.4, 0.5) is 0 Å². The van der Waals surface area contributed by atoms with Gasteiger partial charge in [0.1, 0.15) is 5.75 Å². The number of benzene rings is 1. The summed E-state index contributed by atoms with van der Waals surface area (Å²) in [7, 11) is 1.65. The van der Waals surface area contributed by atoms with E-state index in [1.807, 2.05) is 41.5 Å². The van der Waals surface area contributed by atoms with Gasteiger partial charge in [0.25, 0.3) is 0 Å². The molecule has 1 amide bonds. The molecule has 134 valence electrons. The summed E-state index contributed by atoms with van der Waals surface area (Å²) in [6.45, 7) is 4.44. The summed E-state index contributed by atoms with van der Waals surface area (Å²) >= 11 is 1.18. The van der Waals surface area contributed by atoms with Crippen LogP contribution in [0.3, 0.4) is 0 Å². The van der Waals surface area contributed by atoms with E-state index in [0.29, 0.717) is 26.1 Å². The fraction of sp³-hybridized carbons (Fsp3) is 0.444. The molecule has 1 saturated heterocycles. The van der Waals surface area contributed by atoms with E-state index in [4.69, 9.17) is 4.74 Å². The van der Waals surface area contributed by atoms with E-state index < -0.39 is 0 Å². The Bertz CT molecular complexity index is 799. The number of amides is 1. The maximum atomic E-state index is 12.8. The Hall–Kier alpha value is -2.12. The van der Waals surface area contributed by atoms with Gasteiger partial charge in [0, 0.05) is 49.2 Å². The number of thiazole rings is 1. The Labute approximate surface area is 151 Å². The number of para-hydroxylation sites is 1. The maximum absolute atomic E-state index is 12.8. The van der Waals surface area contributed by atoms with E-state index in [9.17, 15) is 9.59 Å². The molecule has 7 heteroatoms. The highest BCUT2D eigenvalue weighted by Crippen LogP contribution is 2.30. The molecule has 1 fully saturated rings. The Morgan fingerprint density at radius 3 is 2.92 bits per heavy atom. The first-order chi connectivity index (χ1) is 12.1. The van der Waals surface area contributed by atoms with Crippen molar-refractivity contribution in [2.45, 2.75) is 25.9 Å². The molecule has 2 heterocycles. The van der Waals surface area contributed by atoms with E-state index in [0.717, 1.165) is 23.6 Å². The molecule has 1 atom stereocenters. The van der Waals surface area contributed by atoms with Gasteiger partial charge in [0.2, 0.25) is 5.91 Å². The summed E-state index contributed by atoms with van der Waals surface area (Å²) in [5, 5.41) is 5.18. The Balaban J connectivity index is 1.76. The number of nitrogens with zero attached hydrogens (tertiary/aromatic N) is 2. The van der Waals surface area contributed by atoms with Crippen molar-refractivity contribution in [3.63, 3.8) is 0 Å². The van der Waals surface area contributed by atoms with Crippen molar-refractivity contribution >= 4 is 17.2 Å². The number of aromatic nitrogens is 1. The van der Waals surface area contributed by atoms with Crippen molar-refractivity contribution in [3.05, 3.63) is 50.6 Å². The molecule has 25 heavy (non-hydrogen) atoms. The average Bonchev–Trinajstić information content (AvgIpc) is 2.97. The second-order valence-electron chi connectivity index (χ2n) is 6.09. The molecule has 0 saturated carbocycles. The van der Waals surface area contributed by atoms with Crippen LogP contribution in [0, 0.1) is 6.92 Å². The number of aryl methyl sites for hydroxylation is 1.